The van der Waals surface area contributed by atoms with E-state index in [0.29, 0.717) is 16.7 Å². The Bertz CT molecular complexity index is 2390. The molecule has 0 bridgehead atoms. The van der Waals surface area contributed by atoms with Crippen LogP contribution in [0.15, 0.2) is 97.1 Å². The van der Waals surface area contributed by atoms with Crippen LogP contribution in [0.1, 0.15) is 50.4 Å². The van der Waals surface area contributed by atoms with Gasteiger partial charge in [0.05, 0.1) is 3.74 Å². The summed E-state index contributed by atoms with van der Waals surface area (Å²) >= 11 is 77.9. The first-order valence-corrected chi connectivity index (χ1v) is 22.4. The fourth-order valence-corrected chi connectivity index (χ4v) is 6.34. The number of nitrogens with zero attached hydrogens (tertiary/aromatic N) is 7. The van der Waals surface area contributed by atoms with Crippen molar-refractivity contribution in [3.8, 4) is 45.0 Å². The fraction of sp³-hybridized carbons (Fsp3) is 0.162. The number of benzene rings is 4. The summed E-state index contributed by atoms with van der Waals surface area (Å²) in [5, 5.41) is 13.6. The van der Waals surface area contributed by atoms with Crippen molar-refractivity contribution in [1.82, 2.24) is 29.9 Å². The van der Waals surface area contributed by atoms with Gasteiger partial charge in [0.15, 0.2) is 34.9 Å². The Morgan fingerprint density at radius 1 is 0.492 bits per heavy atom. The molecule has 0 spiro atoms. The van der Waals surface area contributed by atoms with Gasteiger partial charge < -0.3 is 5.21 Å². The Kier molecular flexibility index (Phi) is 22.9. The van der Waals surface area contributed by atoms with Crippen molar-refractivity contribution < 1.29 is 37.5 Å². The topological polar surface area (TPSA) is 158 Å². The van der Waals surface area contributed by atoms with E-state index in [1.165, 1.54) is 0 Å². The molecule has 26 heteroatoms. The molecule has 6 rings (SSSR count). The van der Waals surface area contributed by atoms with Gasteiger partial charge >= 0.3 is 0 Å². The van der Waals surface area contributed by atoms with Crippen LogP contribution < -0.4 is 0 Å². The van der Waals surface area contributed by atoms with Crippen molar-refractivity contribution in [2.75, 3.05) is 0 Å². The molecule has 0 saturated heterocycles. The summed E-state index contributed by atoms with van der Waals surface area (Å²) in [5.74, 6) is -0.152. The molecular formula is C37H23AgBr2Cl12N7O4. The summed E-state index contributed by atoms with van der Waals surface area (Å²) in [4.78, 5) is 43.8. The van der Waals surface area contributed by atoms with Crippen LogP contribution in [0.4, 0.5) is 0 Å². The number of aldehydes is 1. The average Bonchev–Trinajstić information content (AvgIpc) is 3.19. The Labute approximate surface area is 452 Å². The van der Waals surface area contributed by atoms with Crippen LogP contribution in [-0.4, -0.2) is 46.5 Å². The summed E-state index contributed by atoms with van der Waals surface area (Å²) < 4.78 is -7.51. The van der Waals surface area contributed by atoms with E-state index in [0.717, 1.165) is 34.1 Å². The van der Waals surface area contributed by atoms with Crippen molar-refractivity contribution in [3.05, 3.63) is 142 Å². The summed E-state index contributed by atoms with van der Waals surface area (Å²) in [6.07, 6.45) is 0.790. The van der Waals surface area contributed by atoms with Crippen molar-refractivity contribution >= 4 is 177 Å². The third kappa shape index (κ3) is 17.8. The van der Waals surface area contributed by atoms with Crippen LogP contribution >= 0.6 is 171 Å². The van der Waals surface area contributed by atoms with Gasteiger partial charge in [-0.05, 0) is 27.8 Å². The number of halogens is 14. The zero-order valence-corrected chi connectivity index (χ0v) is 43.5. The van der Waals surface area contributed by atoms with E-state index < -0.39 is 20.3 Å². The molecule has 0 unspecified atom stereocenters. The van der Waals surface area contributed by atoms with E-state index >= 15 is 0 Å². The Morgan fingerprint density at radius 2 is 0.714 bits per heavy atom. The molecular weight excluding hydrogens is 1300 g/mol. The second-order valence-electron chi connectivity index (χ2n) is 11.7. The Balaban J connectivity index is 0.000000388. The monoisotopic (exact) mass is 1310 g/mol. The molecule has 2 aromatic heterocycles. The average molecular weight is 1320 g/mol. The molecule has 11 nitrogen and oxygen atoms in total. The number of rotatable bonds is 6. The Morgan fingerprint density at radius 3 is 0.937 bits per heavy atom. The third-order valence-electron chi connectivity index (χ3n) is 7.45. The van der Waals surface area contributed by atoms with E-state index in [4.69, 9.17) is 155 Å². The maximum atomic E-state index is 10.8. The fourth-order valence-electron chi connectivity index (χ4n) is 4.72. The van der Waals surface area contributed by atoms with Crippen LogP contribution in [0.2, 0.25) is 0 Å². The number of hydrogen-bond acceptors (Lipinski definition) is 9. The van der Waals surface area contributed by atoms with Crippen molar-refractivity contribution in [2.24, 2.45) is 0 Å². The zero-order chi connectivity index (χ0) is 45.5. The molecule has 339 valence electrons. The normalized spacial score (nSPS) is 11.5. The van der Waals surface area contributed by atoms with Gasteiger partial charge in [0.2, 0.25) is 15.2 Å². The first kappa shape index (κ1) is 58.1. The molecule has 1 N–H and O–H groups in total. The molecule has 0 aliphatic carbocycles. The van der Waals surface area contributed by atoms with E-state index in [1.807, 2.05) is 72.8 Å². The minimum Gasteiger partial charge on any atom is -0.328 e. The summed E-state index contributed by atoms with van der Waals surface area (Å²) in [7, 11) is 0. The number of hydrogen-bond donors (Lipinski definition) is 1. The second kappa shape index (κ2) is 24.8. The summed E-state index contributed by atoms with van der Waals surface area (Å²) in [6.45, 7) is 0. The van der Waals surface area contributed by atoms with Crippen LogP contribution in [-0.2, 0) is 37.6 Å². The predicted octanol–water partition coefficient (Wildman–Crippen LogP) is 15.6. The minimum atomic E-state index is -1.91. The first-order chi connectivity index (χ1) is 28.3. The first-order valence-electron chi connectivity index (χ1n) is 16.1. The molecule has 2 heterocycles. The summed E-state index contributed by atoms with van der Waals surface area (Å²) in [5.41, 5.74) is 6.92. The van der Waals surface area contributed by atoms with Gasteiger partial charge in [-0.1, -0.05) is 276 Å². The van der Waals surface area contributed by atoms with E-state index in [-0.39, 0.29) is 68.5 Å². The molecule has 0 aliphatic heterocycles. The van der Waals surface area contributed by atoms with Gasteiger partial charge in [0.1, 0.15) is 6.29 Å². The molecule has 0 fully saturated rings. The maximum Gasteiger partial charge on any atom is 0.291 e. The SMILES string of the molecule is C.ClC(Cl)(Cl)c1nc(-c2ccc(-c3ccc(C(Br)Br)cc3)cc2)nc(C(Cl)(Cl)Cl)n1.O=Cc1ccc(-c2ccc(-c3nc(C(Cl)(Cl)Cl)nc(C(Cl)(Cl)Cl)n3)cc2)cc1.O=[N+]([O-])O.[Ag]. The molecule has 6 aromatic rings. The van der Waals surface area contributed by atoms with E-state index in [1.54, 1.807) is 24.3 Å². The van der Waals surface area contributed by atoms with Crippen LogP contribution in [0, 0.1) is 10.1 Å². The van der Waals surface area contributed by atoms with Gasteiger partial charge in [0, 0.05) is 39.1 Å². The van der Waals surface area contributed by atoms with Gasteiger partial charge in [-0.2, -0.15) is 0 Å². The van der Waals surface area contributed by atoms with Crippen LogP contribution in [0.3, 0.4) is 0 Å². The Hall–Kier alpha value is -1.05. The van der Waals surface area contributed by atoms with Gasteiger partial charge in [0.25, 0.3) is 5.09 Å². The number of aromatic nitrogens is 6. The van der Waals surface area contributed by atoms with Crippen molar-refractivity contribution in [3.63, 3.8) is 0 Å². The molecule has 0 amide bonds. The van der Waals surface area contributed by atoms with Crippen LogP contribution in [0.5, 0.6) is 0 Å². The maximum absolute atomic E-state index is 10.8. The number of carbonyl (C=O) groups is 1. The van der Waals surface area contributed by atoms with Gasteiger partial charge in [-0.15, -0.1) is 10.1 Å². The van der Waals surface area contributed by atoms with Crippen molar-refractivity contribution in [2.45, 2.75) is 26.3 Å². The zero-order valence-electron chi connectivity index (χ0n) is 29.8. The molecule has 0 atom stereocenters. The third-order valence-corrected chi connectivity index (χ3v) is 10.5. The molecule has 4 aromatic carbocycles. The minimum absolute atomic E-state index is 0. The standard InChI is InChI=1S/C18H9Br2Cl6N3.C18H9Cl6N3O.CH4.Ag.HNO3/c19-13(20)11-5-1-9(2-6-11)10-3-7-12(8-4-10)14-27-15(17(21,22)23)29-16(28-14)18(24,25)26;19-17(20,21)15-25-14(26-16(27-15)18(22,23)24)13-7-5-12(6-8-13)11-3-1-10(9-28)2-4-11;;;2-1(3)4/h1-8,13H;1-9H;1H4;;(H,2,3,4). The molecule has 0 saturated carbocycles. The van der Waals surface area contributed by atoms with E-state index in [2.05, 4.69) is 61.8 Å². The predicted molar refractivity (Wildman–Crippen MR) is 260 cm³/mol. The second-order valence-corrected chi connectivity index (χ2v) is 23.8. The van der Waals surface area contributed by atoms with Crippen LogP contribution in [0.25, 0.3) is 45.0 Å². The van der Waals surface area contributed by atoms with Gasteiger partial charge in [-0.3, -0.25) is 4.79 Å². The number of carbonyl (C=O) groups excluding carboxylic acids is 1. The molecule has 0 aliphatic rings. The van der Waals surface area contributed by atoms with Crippen molar-refractivity contribution in [1.29, 1.82) is 0 Å². The summed E-state index contributed by atoms with van der Waals surface area (Å²) in [6, 6.07) is 30.1. The molecule has 63 heavy (non-hydrogen) atoms. The van der Waals surface area contributed by atoms with Gasteiger partial charge in [-0.25, -0.2) is 29.9 Å². The quantitative estimate of drug-likeness (QED) is 0.0559. The van der Waals surface area contributed by atoms with E-state index in [9.17, 15) is 4.79 Å². The molecule has 1 radical (unpaired) electrons. The largest absolute Gasteiger partial charge is 0.328 e. The smallest absolute Gasteiger partial charge is 0.291 e. The number of alkyl halides is 14.